The van der Waals surface area contributed by atoms with E-state index < -0.39 is 28.8 Å². The van der Waals surface area contributed by atoms with Gasteiger partial charge in [-0.1, -0.05) is 0 Å². The van der Waals surface area contributed by atoms with E-state index in [1.807, 2.05) is 0 Å². The second kappa shape index (κ2) is 4.39. The average Bonchev–Trinajstić information content (AvgIpc) is 2.15. The van der Waals surface area contributed by atoms with Crippen LogP contribution in [0.3, 0.4) is 0 Å². The predicted molar refractivity (Wildman–Crippen MR) is 46.1 cm³/mol. The monoisotopic (exact) mass is 223 g/mol. The van der Waals surface area contributed by atoms with Gasteiger partial charge in [-0.3, -0.25) is 10.1 Å². The van der Waals surface area contributed by atoms with E-state index in [9.17, 15) is 29.9 Å². The minimum atomic E-state index is -1.59. The molecule has 84 valence electrons. The molecule has 0 radical (unpaired) electrons. The van der Waals surface area contributed by atoms with Gasteiger partial charge in [-0.2, -0.15) is 0 Å². The maximum Gasteiger partial charge on any atom is 0.269 e. The second-order valence-corrected chi connectivity index (χ2v) is 2.93. The van der Waals surface area contributed by atoms with Gasteiger partial charge in [0.15, 0.2) is 0 Å². The maximum absolute atomic E-state index is 10.6. The highest BCUT2D eigenvalue weighted by atomic mass is 16.6. The molecule has 7 heteroatoms. The Morgan fingerprint density at radius 1 is 1.25 bits per heavy atom. The van der Waals surface area contributed by atoms with Gasteiger partial charge in [0.1, 0.15) is 0 Å². The molecule has 0 aliphatic rings. The van der Waals surface area contributed by atoms with Crippen LogP contribution in [0.25, 0.3) is 0 Å². The quantitative estimate of drug-likeness (QED) is 0.440. The van der Waals surface area contributed by atoms with Crippen LogP contribution in [0.5, 0.6) is 0 Å². The molecule has 0 unspecified atom stereocenters. The van der Waals surface area contributed by atoms with E-state index in [2.05, 4.69) is 0 Å². The number of carboxylic acid groups (broad SMARTS) is 2. The molecule has 0 heterocycles. The van der Waals surface area contributed by atoms with Crippen LogP contribution < -0.4 is 10.2 Å². The third-order valence-corrected chi connectivity index (χ3v) is 1.85. The van der Waals surface area contributed by atoms with Gasteiger partial charge >= 0.3 is 0 Å². The lowest BCUT2D eigenvalue weighted by Gasteiger charge is -2.10. The number of nitro benzene ring substituents is 1. The van der Waals surface area contributed by atoms with Crippen molar-refractivity contribution in [2.75, 3.05) is 0 Å². The van der Waals surface area contributed by atoms with Crippen LogP contribution in [0, 0.1) is 10.1 Å². The SMILES string of the molecule is O=C([O-])Cc1cc([N+](=O)[O-])ccc1C(=O)[O-]. The molecule has 0 spiro atoms. The predicted octanol–water partition coefficient (Wildman–Crippen LogP) is -1.75. The summed E-state index contributed by atoms with van der Waals surface area (Å²) in [5, 5.41) is 31.3. The van der Waals surface area contributed by atoms with E-state index in [4.69, 9.17) is 0 Å². The number of non-ortho nitro benzene ring substituents is 1. The fourth-order valence-corrected chi connectivity index (χ4v) is 1.19. The number of rotatable bonds is 4. The largest absolute Gasteiger partial charge is 0.550 e. The Kier molecular flexibility index (Phi) is 3.19. The van der Waals surface area contributed by atoms with E-state index in [0.717, 1.165) is 18.2 Å². The topological polar surface area (TPSA) is 123 Å². The number of carbonyl (C=O) groups excluding carboxylic acids is 2. The minimum Gasteiger partial charge on any atom is -0.550 e. The Bertz CT molecular complexity index is 467. The van der Waals surface area contributed by atoms with E-state index in [1.165, 1.54) is 0 Å². The zero-order valence-corrected chi connectivity index (χ0v) is 7.84. The van der Waals surface area contributed by atoms with Crippen LogP contribution in [0.4, 0.5) is 5.69 Å². The number of aromatic carboxylic acids is 1. The summed E-state index contributed by atoms with van der Waals surface area (Å²) >= 11 is 0. The fraction of sp³-hybridized carbons (Fsp3) is 0.111. The van der Waals surface area contributed by atoms with Crippen molar-refractivity contribution in [3.05, 3.63) is 39.4 Å². The van der Waals surface area contributed by atoms with E-state index in [-0.39, 0.29) is 11.3 Å². The molecular weight excluding hydrogens is 218 g/mol. The zero-order valence-electron chi connectivity index (χ0n) is 7.84. The van der Waals surface area contributed by atoms with E-state index in [0.29, 0.717) is 0 Å². The first-order valence-electron chi connectivity index (χ1n) is 4.10. The first-order valence-corrected chi connectivity index (χ1v) is 4.10. The summed E-state index contributed by atoms with van der Waals surface area (Å²) in [5.41, 5.74) is -0.995. The van der Waals surface area contributed by atoms with Crippen LogP contribution in [0.15, 0.2) is 18.2 Å². The van der Waals surface area contributed by atoms with Gasteiger partial charge in [0.05, 0.1) is 10.9 Å². The molecule has 0 fully saturated rings. The standard InChI is InChI=1S/C9H7NO6/c11-8(12)4-5-3-6(10(15)16)1-2-7(5)9(13)14/h1-3H,4H2,(H,11,12)(H,13,14)/p-2. The maximum atomic E-state index is 10.6. The van der Waals surface area contributed by atoms with Crippen molar-refractivity contribution in [3.63, 3.8) is 0 Å². The van der Waals surface area contributed by atoms with E-state index in [1.54, 1.807) is 0 Å². The first-order chi connectivity index (χ1) is 7.41. The molecule has 7 nitrogen and oxygen atoms in total. The second-order valence-electron chi connectivity index (χ2n) is 2.93. The summed E-state index contributed by atoms with van der Waals surface area (Å²) in [7, 11) is 0. The van der Waals surface area contributed by atoms with E-state index >= 15 is 0 Å². The number of hydrogen-bond acceptors (Lipinski definition) is 6. The third kappa shape index (κ3) is 2.53. The molecule has 0 N–H and O–H groups in total. The molecule has 1 rings (SSSR count). The summed E-state index contributed by atoms with van der Waals surface area (Å²) in [6.07, 6.45) is -0.717. The number of carbonyl (C=O) groups is 2. The van der Waals surface area contributed by atoms with Crippen molar-refractivity contribution < 1.29 is 24.7 Å². The molecule has 0 atom stereocenters. The van der Waals surface area contributed by atoms with Gasteiger partial charge in [-0.05, 0) is 11.6 Å². The third-order valence-electron chi connectivity index (χ3n) is 1.85. The summed E-state index contributed by atoms with van der Waals surface area (Å²) in [6.45, 7) is 0. The minimum absolute atomic E-state index is 0.214. The lowest BCUT2D eigenvalue weighted by atomic mass is 10.0. The van der Waals surface area contributed by atoms with Gasteiger partial charge in [0.25, 0.3) is 5.69 Å². The number of aliphatic carboxylic acids is 1. The van der Waals surface area contributed by atoms with Crippen molar-refractivity contribution in [1.29, 1.82) is 0 Å². The highest BCUT2D eigenvalue weighted by molar-refractivity contribution is 5.89. The number of benzene rings is 1. The summed E-state index contributed by atoms with van der Waals surface area (Å²) in [5.74, 6) is -3.12. The molecule has 0 saturated carbocycles. The lowest BCUT2D eigenvalue weighted by molar-refractivity contribution is -0.384. The van der Waals surface area contributed by atoms with Crippen molar-refractivity contribution in [2.45, 2.75) is 6.42 Å². The molecule has 16 heavy (non-hydrogen) atoms. The van der Waals surface area contributed by atoms with Gasteiger partial charge < -0.3 is 19.8 Å². The Morgan fingerprint density at radius 3 is 2.31 bits per heavy atom. The van der Waals surface area contributed by atoms with Crippen molar-refractivity contribution in [3.8, 4) is 0 Å². The highest BCUT2D eigenvalue weighted by Crippen LogP contribution is 2.17. The first kappa shape index (κ1) is 11.6. The number of nitrogens with zero attached hydrogens (tertiary/aromatic N) is 1. The summed E-state index contributed by atoms with van der Waals surface area (Å²) in [6, 6.07) is 2.77. The average molecular weight is 223 g/mol. The van der Waals surface area contributed by atoms with Crippen molar-refractivity contribution in [1.82, 2.24) is 0 Å². The molecule has 1 aromatic rings. The van der Waals surface area contributed by atoms with Crippen LogP contribution in [0.1, 0.15) is 15.9 Å². The molecular formula is C9H5NO6-2. The number of hydrogen-bond donors (Lipinski definition) is 0. The Balaban J connectivity index is 3.26. The number of nitro groups is 1. The molecule has 0 aliphatic carbocycles. The van der Waals surface area contributed by atoms with Crippen LogP contribution in [-0.4, -0.2) is 16.9 Å². The van der Waals surface area contributed by atoms with Crippen molar-refractivity contribution >= 4 is 17.6 Å². The highest BCUT2D eigenvalue weighted by Gasteiger charge is 2.11. The van der Waals surface area contributed by atoms with Crippen LogP contribution in [-0.2, 0) is 11.2 Å². The zero-order chi connectivity index (χ0) is 12.3. The molecule has 0 aliphatic heterocycles. The molecule has 1 aromatic carbocycles. The fourth-order valence-electron chi connectivity index (χ4n) is 1.19. The Labute approximate surface area is 89.1 Å². The smallest absolute Gasteiger partial charge is 0.269 e. The summed E-state index contributed by atoms with van der Waals surface area (Å²) in [4.78, 5) is 30.6. The molecule has 0 bridgehead atoms. The lowest BCUT2D eigenvalue weighted by Crippen LogP contribution is -2.28. The van der Waals surface area contributed by atoms with Gasteiger partial charge in [-0.15, -0.1) is 0 Å². The Morgan fingerprint density at radius 2 is 1.88 bits per heavy atom. The van der Waals surface area contributed by atoms with Gasteiger partial charge in [0, 0.05) is 30.1 Å². The summed E-state index contributed by atoms with van der Waals surface area (Å²) < 4.78 is 0. The van der Waals surface area contributed by atoms with Gasteiger partial charge in [-0.25, -0.2) is 0 Å². The number of carboxylic acids is 2. The van der Waals surface area contributed by atoms with Gasteiger partial charge in [0.2, 0.25) is 0 Å². The van der Waals surface area contributed by atoms with Crippen molar-refractivity contribution in [2.24, 2.45) is 0 Å². The molecule has 0 saturated heterocycles. The normalized spacial score (nSPS) is 9.75. The molecule has 0 amide bonds. The van der Waals surface area contributed by atoms with Crippen LogP contribution >= 0.6 is 0 Å². The van der Waals surface area contributed by atoms with Crippen LogP contribution in [0.2, 0.25) is 0 Å². The molecule has 0 aromatic heterocycles. The Hall–Kier alpha value is -2.44.